The van der Waals surface area contributed by atoms with E-state index in [4.69, 9.17) is 16.3 Å². The Bertz CT molecular complexity index is 715. The Labute approximate surface area is 145 Å². The number of hydrogen-bond acceptors (Lipinski definition) is 4. The molecule has 0 aliphatic heterocycles. The van der Waals surface area contributed by atoms with Crippen LogP contribution in [0.15, 0.2) is 42.6 Å². The lowest BCUT2D eigenvalue weighted by Gasteiger charge is -2.21. The Morgan fingerprint density at radius 1 is 1.29 bits per heavy atom. The van der Waals surface area contributed by atoms with Crippen LogP contribution < -0.4 is 10.1 Å². The molecule has 24 heavy (non-hydrogen) atoms. The number of benzene rings is 1. The minimum Gasteiger partial charge on any atom is -0.486 e. The first-order valence-corrected chi connectivity index (χ1v) is 8.31. The lowest BCUT2D eigenvalue weighted by Crippen LogP contribution is -2.40. The number of anilines is 1. The number of hydrogen-bond donors (Lipinski definition) is 2. The highest BCUT2D eigenvalue weighted by atomic mass is 35.5. The first-order valence-electron chi connectivity index (χ1n) is 7.93. The third-order valence-electron chi connectivity index (χ3n) is 4.14. The summed E-state index contributed by atoms with van der Waals surface area (Å²) < 4.78 is 5.65. The topological polar surface area (TPSA) is 71.5 Å². The molecular weight excluding hydrogens is 328 g/mol. The van der Waals surface area contributed by atoms with Crippen LogP contribution in [0.25, 0.3) is 0 Å². The van der Waals surface area contributed by atoms with Crippen molar-refractivity contribution in [2.24, 2.45) is 0 Å². The highest BCUT2D eigenvalue weighted by molar-refractivity contribution is 6.32. The van der Waals surface area contributed by atoms with Gasteiger partial charge in [-0.05, 0) is 56.0 Å². The van der Waals surface area contributed by atoms with E-state index in [2.05, 4.69) is 10.3 Å². The van der Waals surface area contributed by atoms with E-state index in [1.54, 1.807) is 24.4 Å². The number of nitrogens with zero attached hydrogens (tertiary/aromatic N) is 1. The number of amides is 1. The van der Waals surface area contributed by atoms with Crippen LogP contribution in [0.5, 0.6) is 5.75 Å². The number of halogens is 1. The Kier molecular flexibility index (Phi) is 5.02. The van der Waals surface area contributed by atoms with Gasteiger partial charge in [-0.25, -0.2) is 0 Å². The normalized spacial score (nSPS) is 15.9. The zero-order valence-electron chi connectivity index (χ0n) is 13.2. The van der Waals surface area contributed by atoms with E-state index in [1.807, 2.05) is 18.2 Å². The average molecular weight is 347 g/mol. The number of aliphatic hydroxyl groups is 1. The van der Waals surface area contributed by atoms with Gasteiger partial charge in [-0.3, -0.25) is 9.78 Å². The van der Waals surface area contributed by atoms with Crippen LogP contribution in [-0.2, 0) is 11.4 Å². The van der Waals surface area contributed by atoms with Gasteiger partial charge in [-0.1, -0.05) is 17.7 Å². The Morgan fingerprint density at radius 2 is 2.08 bits per heavy atom. The zero-order chi connectivity index (χ0) is 17.0. The molecule has 1 amide bonds. The van der Waals surface area contributed by atoms with Crippen LogP contribution in [0, 0.1) is 0 Å². The lowest BCUT2D eigenvalue weighted by molar-refractivity contribution is -0.133. The van der Waals surface area contributed by atoms with Gasteiger partial charge in [0.25, 0.3) is 5.91 Å². The van der Waals surface area contributed by atoms with Crippen LogP contribution in [0.4, 0.5) is 5.69 Å². The van der Waals surface area contributed by atoms with Crippen molar-refractivity contribution in [3.05, 3.63) is 53.3 Å². The molecular formula is C18H19ClN2O3. The molecule has 3 rings (SSSR count). The average Bonchev–Trinajstić information content (AvgIpc) is 3.03. The standard InChI is InChI=1S/C18H19ClN2O3/c19-15-11-13(21-17(22)18(23)8-2-3-9-18)6-7-16(15)24-12-14-5-1-4-10-20-14/h1,4-7,10-11,23H,2-3,8-9,12H2,(H,21,22). The molecule has 1 saturated carbocycles. The maximum atomic E-state index is 12.2. The molecule has 0 bridgehead atoms. The van der Waals surface area contributed by atoms with Crippen molar-refractivity contribution in [2.45, 2.75) is 37.9 Å². The number of pyridine rings is 1. The smallest absolute Gasteiger partial charge is 0.256 e. The van der Waals surface area contributed by atoms with E-state index in [9.17, 15) is 9.90 Å². The fourth-order valence-electron chi connectivity index (χ4n) is 2.77. The Hall–Kier alpha value is -2.11. The van der Waals surface area contributed by atoms with Crippen molar-refractivity contribution >= 4 is 23.2 Å². The van der Waals surface area contributed by atoms with E-state index < -0.39 is 5.60 Å². The summed E-state index contributed by atoms with van der Waals surface area (Å²) in [6.07, 6.45) is 4.43. The van der Waals surface area contributed by atoms with E-state index in [1.165, 1.54) is 0 Å². The first kappa shape index (κ1) is 16.7. The van der Waals surface area contributed by atoms with Gasteiger partial charge in [0.15, 0.2) is 0 Å². The third kappa shape index (κ3) is 3.86. The van der Waals surface area contributed by atoms with Crippen LogP contribution in [0.2, 0.25) is 5.02 Å². The highest BCUT2D eigenvalue weighted by Gasteiger charge is 2.38. The second kappa shape index (κ2) is 7.20. The van der Waals surface area contributed by atoms with Gasteiger partial charge in [0.2, 0.25) is 0 Å². The number of aromatic nitrogens is 1. The van der Waals surface area contributed by atoms with Gasteiger partial charge < -0.3 is 15.2 Å². The molecule has 0 atom stereocenters. The summed E-state index contributed by atoms with van der Waals surface area (Å²) >= 11 is 6.21. The predicted molar refractivity (Wildman–Crippen MR) is 92.1 cm³/mol. The van der Waals surface area contributed by atoms with Crippen molar-refractivity contribution in [3.8, 4) is 5.75 Å². The van der Waals surface area contributed by atoms with Crippen LogP contribution in [-0.4, -0.2) is 21.6 Å². The van der Waals surface area contributed by atoms with Crippen LogP contribution >= 0.6 is 11.6 Å². The molecule has 1 aliphatic rings. The molecule has 0 unspecified atom stereocenters. The van der Waals surface area contributed by atoms with Crippen molar-refractivity contribution in [1.82, 2.24) is 4.98 Å². The molecule has 6 heteroatoms. The van der Waals surface area contributed by atoms with Gasteiger partial charge in [-0.2, -0.15) is 0 Å². The number of carbonyl (C=O) groups excluding carboxylic acids is 1. The number of carbonyl (C=O) groups is 1. The fourth-order valence-corrected chi connectivity index (χ4v) is 3.00. The van der Waals surface area contributed by atoms with Gasteiger partial charge in [-0.15, -0.1) is 0 Å². The number of rotatable bonds is 5. The number of nitrogens with one attached hydrogen (secondary N) is 1. The van der Waals surface area contributed by atoms with E-state index in [-0.39, 0.29) is 5.91 Å². The third-order valence-corrected chi connectivity index (χ3v) is 4.44. The molecule has 2 aromatic rings. The molecule has 1 heterocycles. The molecule has 0 saturated heterocycles. The zero-order valence-corrected chi connectivity index (χ0v) is 13.9. The van der Waals surface area contributed by atoms with Crippen molar-refractivity contribution in [2.75, 3.05) is 5.32 Å². The SMILES string of the molecule is O=C(Nc1ccc(OCc2ccccn2)c(Cl)c1)C1(O)CCCC1. The molecule has 2 N–H and O–H groups in total. The van der Waals surface area contributed by atoms with Crippen molar-refractivity contribution in [1.29, 1.82) is 0 Å². The molecule has 0 radical (unpaired) electrons. The maximum Gasteiger partial charge on any atom is 0.256 e. The molecule has 5 nitrogen and oxygen atoms in total. The van der Waals surface area contributed by atoms with Crippen LogP contribution in [0.1, 0.15) is 31.4 Å². The van der Waals surface area contributed by atoms with E-state index in [0.717, 1.165) is 18.5 Å². The molecule has 1 aromatic heterocycles. The monoisotopic (exact) mass is 346 g/mol. The van der Waals surface area contributed by atoms with Crippen molar-refractivity contribution < 1.29 is 14.6 Å². The fraction of sp³-hybridized carbons (Fsp3) is 0.333. The molecule has 126 valence electrons. The quantitative estimate of drug-likeness (QED) is 0.868. The molecule has 1 aromatic carbocycles. The van der Waals surface area contributed by atoms with E-state index in [0.29, 0.717) is 35.9 Å². The summed E-state index contributed by atoms with van der Waals surface area (Å²) in [5, 5.41) is 13.4. The molecule has 1 fully saturated rings. The first-order chi connectivity index (χ1) is 11.6. The lowest BCUT2D eigenvalue weighted by atomic mass is 10.0. The van der Waals surface area contributed by atoms with E-state index >= 15 is 0 Å². The minimum absolute atomic E-state index is 0.312. The Morgan fingerprint density at radius 3 is 2.75 bits per heavy atom. The van der Waals surface area contributed by atoms with Gasteiger partial charge in [0, 0.05) is 11.9 Å². The second-order valence-corrected chi connectivity index (χ2v) is 6.35. The predicted octanol–water partition coefficient (Wildman–Crippen LogP) is 3.56. The summed E-state index contributed by atoms with van der Waals surface area (Å²) in [6.45, 7) is 0.312. The molecule has 1 aliphatic carbocycles. The Balaban J connectivity index is 1.63. The highest BCUT2D eigenvalue weighted by Crippen LogP contribution is 2.32. The maximum absolute atomic E-state index is 12.2. The second-order valence-electron chi connectivity index (χ2n) is 5.95. The minimum atomic E-state index is -1.26. The largest absolute Gasteiger partial charge is 0.486 e. The van der Waals surface area contributed by atoms with Gasteiger partial charge >= 0.3 is 0 Å². The summed E-state index contributed by atoms with van der Waals surface area (Å²) in [7, 11) is 0. The summed E-state index contributed by atoms with van der Waals surface area (Å²) in [5.41, 5.74) is 0.0746. The summed E-state index contributed by atoms with van der Waals surface area (Å²) in [4.78, 5) is 16.4. The summed E-state index contributed by atoms with van der Waals surface area (Å²) in [6, 6.07) is 10.6. The van der Waals surface area contributed by atoms with Crippen LogP contribution in [0.3, 0.4) is 0 Å². The number of ether oxygens (including phenoxy) is 1. The van der Waals surface area contributed by atoms with Gasteiger partial charge in [0.1, 0.15) is 18.0 Å². The van der Waals surface area contributed by atoms with Gasteiger partial charge in [0.05, 0.1) is 10.7 Å². The molecule has 0 spiro atoms. The summed E-state index contributed by atoms with van der Waals surface area (Å²) in [5.74, 6) is 0.137. The van der Waals surface area contributed by atoms with Crippen molar-refractivity contribution in [3.63, 3.8) is 0 Å².